The fraction of sp³-hybridized carbons (Fsp3) is 0.692. The van der Waals surface area contributed by atoms with Crippen LogP contribution in [0.1, 0.15) is 26.2 Å². The molecule has 0 amide bonds. The molecule has 0 bridgehead atoms. The fourth-order valence-corrected chi connectivity index (χ4v) is 2.63. The number of rotatable bonds is 8. The van der Waals surface area contributed by atoms with Crippen molar-refractivity contribution in [3.8, 4) is 5.75 Å². The van der Waals surface area contributed by atoms with E-state index in [1.807, 2.05) is 11.8 Å². The maximum Gasteiger partial charge on any atom is 0.204 e. The number of hydrogen-bond donors (Lipinski definition) is 2. The summed E-state index contributed by atoms with van der Waals surface area (Å²) in [5.74, 6) is 2.24. The van der Waals surface area contributed by atoms with E-state index in [4.69, 9.17) is 4.74 Å². The molecule has 1 fully saturated rings. The van der Waals surface area contributed by atoms with Gasteiger partial charge in [-0.1, -0.05) is 6.92 Å². The van der Waals surface area contributed by atoms with Crippen LogP contribution in [-0.2, 0) is 0 Å². The van der Waals surface area contributed by atoms with Crippen LogP contribution in [0.2, 0.25) is 0 Å². The first-order valence-corrected chi connectivity index (χ1v) is 7.89. The Morgan fingerprint density at radius 3 is 2.53 bits per heavy atom. The number of ether oxygens (including phenoxy) is 1. The molecule has 19 heavy (non-hydrogen) atoms. The van der Waals surface area contributed by atoms with Gasteiger partial charge < -0.3 is 15.4 Å². The van der Waals surface area contributed by atoms with E-state index in [9.17, 15) is 0 Å². The Morgan fingerprint density at radius 1 is 1.32 bits per heavy atom. The number of methoxy groups -OCH3 is 1. The van der Waals surface area contributed by atoms with Gasteiger partial charge in [-0.25, -0.2) is 9.97 Å². The van der Waals surface area contributed by atoms with Crippen LogP contribution >= 0.6 is 11.8 Å². The largest absolute Gasteiger partial charge is 0.490 e. The third-order valence-corrected chi connectivity index (χ3v) is 4.79. The number of aromatic nitrogens is 2. The Kier molecular flexibility index (Phi) is 4.74. The molecule has 1 aliphatic rings. The molecule has 2 rings (SSSR count). The van der Waals surface area contributed by atoms with Crippen LogP contribution < -0.4 is 15.4 Å². The quantitative estimate of drug-likeness (QED) is 0.764. The number of anilines is 2. The average molecular weight is 282 g/mol. The van der Waals surface area contributed by atoms with E-state index in [2.05, 4.69) is 33.8 Å². The second-order valence-electron chi connectivity index (χ2n) is 4.77. The molecule has 1 aromatic rings. The highest BCUT2D eigenvalue weighted by atomic mass is 32.2. The number of hydrogen-bond acceptors (Lipinski definition) is 6. The lowest BCUT2D eigenvalue weighted by molar-refractivity contribution is 0.414. The van der Waals surface area contributed by atoms with Crippen molar-refractivity contribution in [1.29, 1.82) is 0 Å². The lowest BCUT2D eigenvalue weighted by Crippen LogP contribution is -2.19. The van der Waals surface area contributed by atoms with E-state index >= 15 is 0 Å². The van der Waals surface area contributed by atoms with Crippen molar-refractivity contribution in [2.45, 2.75) is 30.9 Å². The lowest BCUT2D eigenvalue weighted by atomic mass is 10.3. The van der Waals surface area contributed by atoms with Gasteiger partial charge in [-0.15, -0.1) is 0 Å². The molecule has 6 heteroatoms. The molecule has 1 aromatic heterocycles. The topological polar surface area (TPSA) is 59.1 Å². The molecule has 0 radical (unpaired) electrons. The molecule has 0 atom stereocenters. The smallest absolute Gasteiger partial charge is 0.204 e. The van der Waals surface area contributed by atoms with Crippen LogP contribution in [0.15, 0.2) is 6.33 Å². The molecule has 0 unspecified atom stereocenters. The molecular formula is C13H22N4OS. The molecule has 0 saturated heterocycles. The van der Waals surface area contributed by atoms with Crippen LogP contribution in [-0.4, -0.2) is 41.2 Å². The molecule has 106 valence electrons. The first-order chi connectivity index (χ1) is 9.24. The Bertz CT molecular complexity index is 423. The van der Waals surface area contributed by atoms with Gasteiger partial charge in [0.15, 0.2) is 11.6 Å². The van der Waals surface area contributed by atoms with Gasteiger partial charge in [-0.3, -0.25) is 0 Å². The summed E-state index contributed by atoms with van der Waals surface area (Å²) in [6, 6.07) is 0. The van der Waals surface area contributed by atoms with Gasteiger partial charge in [0.25, 0.3) is 0 Å². The van der Waals surface area contributed by atoms with E-state index in [1.165, 1.54) is 12.8 Å². The van der Waals surface area contributed by atoms with E-state index in [1.54, 1.807) is 13.4 Å². The van der Waals surface area contributed by atoms with E-state index in [-0.39, 0.29) is 0 Å². The van der Waals surface area contributed by atoms with Gasteiger partial charge in [0.2, 0.25) is 5.75 Å². The molecular weight excluding hydrogens is 260 g/mol. The molecule has 0 spiro atoms. The molecule has 0 aliphatic heterocycles. The molecule has 5 nitrogen and oxygen atoms in total. The summed E-state index contributed by atoms with van der Waals surface area (Å²) < 4.78 is 5.83. The van der Waals surface area contributed by atoms with Crippen molar-refractivity contribution in [3.05, 3.63) is 6.33 Å². The van der Waals surface area contributed by atoms with Gasteiger partial charge in [-0.05, 0) is 25.5 Å². The van der Waals surface area contributed by atoms with Crippen LogP contribution in [0.4, 0.5) is 11.6 Å². The monoisotopic (exact) mass is 282 g/mol. The van der Waals surface area contributed by atoms with Crippen LogP contribution in [0.3, 0.4) is 0 Å². The highest BCUT2D eigenvalue weighted by Crippen LogP contribution is 2.47. The van der Waals surface area contributed by atoms with Gasteiger partial charge in [0.05, 0.1) is 7.11 Å². The van der Waals surface area contributed by atoms with E-state index in [0.29, 0.717) is 10.5 Å². The predicted molar refractivity (Wildman–Crippen MR) is 81.3 cm³/mol. The molecule has 1 aliphatic carbocycles. The van der Waals surface area contributed by atoms with Gasteiger partial charge >= 0.3 is 0 Å². The van der Waals surface area contributed by atoms with Gasteiger partial charge in [-0.2, -0.15) is 11.8 Å². The van der Waals surface area contributed by atoms with Crippen LogP contribution in [0, 0.1) is 0 Å². The maximum absolute atomic E-state index is 5.44. The number of nitrogens with zero attached hydrogens (tertiary/aromatic N) is 2. The zero-order valence-electron chi connectivity index (χ0n) is 11.8. The third-order valence-electron chi connectivity index (χ3n) is 3.37. The second kappa shape index (κ2) is 6.32. The summed E-state index contributed by atoms with van der Waals surface area (Å²) in [7, 11) is 1.66. The summed E-state index contributed by atoms with van der Waals surface area (Å²) in [6.07, 6.45) is 7.33. The summed E-state index contributed by atoms with van der Waals surface area (Å²) >= 11 is 1.93. The van der Waals surface area contributed by atoms with E-state index in [0.717, 1.165) is 31.1 Å². The molecule has 0 aromatic carbocycles. The Labute approximate surface area is 118 Å². The number of nitrogens with one attached hydrogen (secondary N) is 2. The molecule has 1 saturated carbocycles. The highest BCUT2D eigenvalue weighted by Gasteiger charge is 2.41. The zero-order chi connectivity index (χ0) is 13.7. The minimum atomic E-state index is 0.396. The minimum absolute atomic E-state index is 0.396. The van der Waals surface area contributed by atoms with Crippen molar-refractivity contribution in [2.75, 3.05) is 37.1 Å². The zero-order valence-corrected chi connectivity index (χ0v) is 12.6. The summed E-state index contributed by atoms with van der Waals surface area (Å²) in [6.45, 7) is 3.92. The van der Waals surface area contributed by atoms with Crippen molar-refractivity contribution < 1.29 is 4.74 Å². The second-order valence-corrected chi connectivity index (χ2v) is 6.05. The van der Waals surface area contributed by atoms with E-state index < -0.39 is 0 Å². The molecule has 2 N–H and O–H groups in total. The van der Waals surface area contributed by atoms with Crippen LogP contribution in [0.5, 0.6) is 5.75 Å². The first kappa shape index (κ1) is 14.2. The Balaban J connectivity index is 2.06. The van der Waals surface area contributed by atoms with Gasteiger partial charge in [0, 0.05) is 17.8 Å². The minimum Gasteiger partial charge on any atom is -0.490 e. The summed E-state index contributed by atoms with van der Waals surface area (Å²) in [5, 5.41) is 6.66. The third kappa shape index (κ3) is 3.43. The summed E-state index contributed by atoms with van der Waals surface area (Å²) in [5.41, 5.74) is 0. The average Bonchev–Trinajstić information content (AvgIpc) is 3.23. The SMILES string of the molecule is CCCNc1ncnc(NCC2(SC)CC2)c1OC. The fourth-order valence-electron chi connectivity index (χ4n) is 1.90. The lowest BCUT2D eigenvalue weighted by Gasteiger charge is -2.17. The molecule has 1 heterocycles. The van der Waals surface area contributed by atoms with Gasteiger partial charge in [0.1, 0.15) is 6.33 Å². The standard InChI is InChI=1S/C13H22N4OS/c1-4-7-14-11-10(18-2)12(17-9-16-11)15-8-13(19-3)5-6-13/h9H,4-8H2,1-3H3,(H2,14,15,16,17). The van der Waals surface area contributed by atoms with Crippen molar-refractivity contribution in [2.24, 2.45) is 0 Å². The number of thioether (sulfide) groups is 1. The normalized spacial score (nSPS) is 15.9. The first-order valence-electron chi connectivity index (χ1n) is 6.66. The van der Waals surface area contributed by atoms with Crippen molar-refractivity contribution >= 4 is 23.4 Å². The maximum atomic E-state index is 5.44. The van der Waals surface area contributed by atoms with Crippen molar-refractivity contribution in [3.63, 3.8) is 0 Å². The Hall–Kier alpha value is -1.17. The Morgan fingerprint density at radius 2 is 2.00 bits per heavy atom. The summed E-state index contributed by atoms with van der Waals surface area (Å²) in [4.78, 5) is 8.52. The van der Waals surface area contributed by atoms with Crippen LogP contribution in [0.25, 0.3) is 0 Å². The highest BCUT2D eigenvalue weighted by molar-refractivity contribution is 8.00. The predicted octanol–water partition coefficient (Wildman–Crippen LogP) is 2.61. The van der Waals surface area contributed by atoms with Crippen molar-refractivity contribution in [1.82, 2.24) is 9.97 Å².